The molecule has 0 amide bonds. The third kappa shape index (κ3) is 3.62. The SMILES string of the molecule is COC(=O)C(C)C(C)Nc1ccc(C#N)cc1OC. The highest BCUT2D eigenvalue weighted by Gasteiger charge is 2.21. The van der Waals surface area contributed by atoms with Crippen LogP contribution in [0.4, 0.5) is 5.69 Å². The molecule has 0 radical (unpaired) electrons. The summed E-state index contributed by atoms with van der Waals surface area (Å²) in [6.07, 6.45) is 0. The maximum atomic E-state index is 11.5. The van der Waals surface area contributed by atoms with E-state index in [-0.39, 0.29) is 17.9 Å². The van der Waals surface area contributed by atoms with Crippen LogP contribution < -0.4 is 10.1 Å². The Kier molecular flexibility index (Phi) is 5.19. The average Bonchev–Trinajstić information content (AvgIpc) is 2.45. The smallest absolute Gasteiger partial charge is 0.310 e. The molecular formula is C14H18N2O3. The van der Waals surface area contributed by atoms with Gasteiger partial charge in [0.2, 0.25) is 0 Å². The molecule has 19 heavy (non-hydrogen) atoms. The van der Waals surface area contributed by atoms with Gasteiger partial charge in [-0.05, 0) is 26.0 Å². The molecule has 0 aliphatic carbocycles. The Morgan fingerprint density at radius 2 is 2.05 bits per heavy atom. The fourth-order valence-electron chi connectivity index (χ4n) is 1.64. The zero-order valence-corrected chi connectivity index (χ0v) is 11.6. The average molecular weight is 262 g/mol. The number of ether oxygens (including phenoxy) is 2. The summed E-state index contributed by atoms with van der Waals surface area (Å²) < 4.78 is 9.94. The van der Waals surface area contributed by atoms with Crippen LogP contribution in [0.25, 0.3) is 0 Å². The Bertz CT molecular complexity index is 494. The van der Waals surface area contributed by atoms with E-state index in [1.807, 2.05) is 6.92 Å². The number of carbonyl (C=O) groups excluding carboxylic acids is 1. The summed E-state index contributed by atoms with van der Waals surface area (Å²) in [5.74, 6) is 0.0147. The van der Waals surface area contributed by atoms with Crippen LogP contribution in [0.1, 0.15) is 19.4 Å². The van der Waals surface area contributed by atoms with Crippen molar-refractivity contribution in [1.29, 1.82) is 5.26 Å². The van der Waals surface area contributed by atoms with Crippen LogP contribution in [0.2, 0.25) is 0 Å². The van der Waals surface area contributed by atoms with Crippen molar-refractivity contribution in [2.45, 2.75) is 19.9 Å². The van der Waals surface area contributed by atoms with E-state index in [9.17, 15) is 4.79 Å². The van der Waals surface area contributed by atoms with Crippen LogP contribution in [0.5, 0.6) is 5.75 Å². The largest absolute Gasteiger partial charge is 0.495 e. The van der Waals surface area contributed by atoms with E-state index in [0.717, 1.165) is 5.69 Å². The van der Waals surface area contributed by atoms with Gasteiger partial charge in [0.1, 0.15) is 5.75 Å². The van der Waals surface area contributed by atoms with E-state index in [2.05, 4.69) is 11.4 Å². The van der Waals surface area contributed by atoms with Gasteiger partial charge in [-0.3, -0.25) is 4.79 Å². The molecule has 1 aromatic carbocycles. The molecule has 2 unspecified atom stereocenters. The van der Waals surface area contributed by atoms with Crippen molar-refractivity contribution in [3.63, 3.8) is 0 Å². The first-order valence-corrected chi connectivity index (χ1v) is 5.96. The van der Waals surface area contributed by atoms with E-state index in [1.165, 1.54) is 14.2 Å². The maximum Gasteiger partial charge on any atom is 0.310 e. The van der Waals surface area contributed by atoms with Crippen molar-refractivity contribution in [3.05, 3.63) is 23.8 Å². The predicted molar refractivity (Wildman–Crippen MR) is 72.0 cm³/mol. The van der Waals surface area contributed by atoms with Gasteiger partial charge < -0.3 is 14.8 Å². The molecule has 2 atom stereocenters. The highest BCUT2D eigenvalue weighted by atomic mass is 16.5. The molecule has 5 nitrogen and oxygen atoms in total. The van der Waals surface area contributed by atoms with Gasteiger partial charge >= 0.3 is 5.97 Å². The van der Waals surface area contributed by atoms with Gasteiger partial charge in [0.15, 0.2) is 0 Å². The van der Waals surface area contributed by atoms with E-state index in [1.54, 1.807) is 25.1 Å². The number of anilines is 1. The zero-order valence-electron chi connectivity index (χ0n) is 11.6. The summed E-state index contributed by atoms with van der Waals surface area (Å²) in [6.45, 7) is 3.68. The summed E-state index contributed by atoms with van der Waals surface area (Å²) in [4.78, 5) is 11.5. The third-order valence-electron chi connectivity index (χ3n) is 3.04. The molecule has 0 aliphatic rings. The molecule has 1 rings (SSSR count). The number of rotatable bonds is 5. The van der Waals surface area contributed by atoms with Crippen molar-refractivity contribution in [2.24, 2.45) is 5.92 Å². The summed E-state index contributed by atoms with van der Waals surface area (Å²) in [5, 5.41) is 12.0. The molecular weight excluding hydrogens is 244 g/mol. The number of hydrogen-bond acceptors (Lipinski definition) is 5. The normalized spacial score (nSPS) is 13.0. The number of carbonyl (C=O) groups is 1. The van der Waals surface area contributed by atoms with Crippen LogP contribution in [-0.4, -0.2) is 26.2 Å². The topological polar surface area (TPSA) is 71.3 Å². The number of nitriles is 1. The zero-order chi connectivity index (χ0) is 14.4. The minimum Gasteiger partial charge on any atom is -0.495 e. The monoisotopic (exact) mass is 262 g/mol. The second-order valence-corrected chi connectivity index (χ2v) is 4.27. The fourth-order valence-corrected chi connectivity index (χ4v) is 1.64. The van der Waals surface area contributed by atoms with Gasteiger partial charge in [-0.15, -0.1) is 0 Å². The Morgan fingerprint density at radius 1 is 1.37 bits per heavy atom. The van der Waals surface area contributed by atoms with Crippen LogP contribution >= 0.6 is 0 Å². The van der Waals surface area contributed by atoms with Crippen molar-refractivity contribution in [3.8, 4) is 11.8 Å². The predicted octanol–water partition coefficient (Wildman–Crippen LogP) is 2.18. The summed E-state index contributed by atoms with van der Waals surface area (Å²) in [7, 11) is 2.91. The lowest BCUT2D eigenvalue weighted by Gasteiger charge is -2.21. The lowest BCUT2D eigenvalue weighted by molar-refractivity contribution is -0.145. The van der Waals surface area contributed by atoms with Crippen LogP contribution in [0, 0.1) is 17.2 Å². The summed E-state index contributed by atoms with van der Waals surface area (Å²) in [5.41, 5.74) is 1.26. The number of esters is 1. The number of nitrogens with zero attached hydrogens (tertiary/aromatic N) is 1. The van der Waals surface area contributed by atoms with Gasteiger partial charge in [-0.25, -0.2) is 0 Å². The van der Waals surface area contributed by atoms with Gasteiger partial charge in [0.25, 0.3) is 0 Å². The molecule has 0 aliphatic heterocycles. The minimum absolute atomic E-state index is 0.116. The molecule has 0 spiro atoms. The first kappa shape index (κ1) is 14.8. The molecule has 0 saturated heterocycles. The number of nitrogens with one attached hydrogen (secondary N) is 1. The standard InChI is InChI=1S/C14H18N2O3/c1-9(14(17)19-4)10(2)16-12-6-5-11(8-15)7-13(12)18-3/h5-7,9-10,16H,1-4H3. The van der Waals surface area contributed by atoms with E-state index >= 15 is 0 Å². The first-order valence-electron chi connectivity index (χ1n) is 5.96. The van der Waals surface area contributed by atoms with Crippen LogP contribution in [0.3, 0.4) is 0 Å². The summed E-state index contributed by atoms with van der Waals surface area (Å²) in [6, 6.07) is 7.04. The lowest BCUT2D eigenvalue weighted by atomic mass is 10.0. The number of hydrogen-bond donors (Lipinski definition) is 1. The Hall–Kier alpha value is -2.22. The van der Waals surface area contributed by atoms with Crippen LogP contribution in [-0.2, 0) is 9.53 Å². The third-order valence-corrected chi connectivity index (χ3v) is 3.04. The first-order chi connectivity index (χ1) is 9.03. The molecule has 5 heteroatoms. The van der Waals surface area contributed by atoms with E-state index in [0.29, 0.717) is 11.3 Å². The second kappa shape index (κ2) is 6.64. The van der Waals surface area contributed by atoms with E-state index in [4.69, 9.17) is 14.7 Å². The molecule has 1 aromatic rings. The van der Waals surface area contributed by atoms with Crippen LogP contribution in [0.15, 0.2) is 18.2 Å². The molecule has 0 fully saturated rings. The van der Waals surface area contributed by atoms with E-state index < -0.39 is 0 Å². The molecule has 0 aromatic heterocycles. The Morgan fingerprint density at radius 3 is 2.58 bits per heavy atom. The Labute approximate surface area is 113 Å². The highest BCUT2D eigenvalue weighted by molar-refractivity contribution is 5.73. The van der Waals surface area contributed by atoms with Gasteiger partial charge in [0.05, 0.1) is 37.5 Å². The molecule has 102 valence electrons. The molecule has 0 saturated carbocycles. The van der Waals surface area contributed by atoms with Gasteiger partial charge in [0, 0.05) is 12.1 Å². The highest BCUT2D eigenvalue weighted by Crippen LogP contribution is 2.27. The van der Waals surface area contributed by atoms with Crippen molar-refractivity contribution in [1.82, 2.24) is 0 Å². The second-order valence-electron chi connectivity index (χ2n) is 4.27. The minimum atomic E-state index is -0.287. The molecule has 0 heterocycles. The maximum absolute atomic E-state index is 11.5. The van der Waals surface area contributed by atoms with Crippen molar-refractivity contribution >= 4 is 11.7 Å². The lowest BCUT2D eigenvalue weighted by Crippen LogP contribution is -2.30. The van der Waals surface area contributed by atoms with Crippen molar-refractivity contribution in [2.75, 3.05) is 19.5 Å². The van der Waals surface area contributed by atoms with Crippen molar-refractivity contribution < 1.29 is 14.3 Å². The van der Waals surface area contributed by atoms with Gasteiger partial charge in [-0.1, -0.05) is 0 Å². The quantitative estimate of drug-likeness (QED) is 0.823. The molecule has 0 bridgehead atoms. The molecule has 1 N–H and O–H groups in total. The fraction of sp³-hybridized carbons (Fsp3) is 0.429. The number of methoxy groups -OCH3 is 2. The van der Waals surface area contributed by atoms with Gasteiger partial charge in [-0.2, -0.15) is 5.26 Å². The summed E-state index contributed by atoms with van der Waals surface area (Å²) >= 11 is 0. The number of benzene rings is 1. The Balaban J connectivity index is 2.88.